The van der Waals surface area contributed by atoms with Crippen LogP contribution in [-0.2, 0) is 0 Å². The fourth-order valence-electron chi connectivity index (χ4n) is 1.57. The Kier molecular flexibility index (Phi) is 5.72. The third kappa shape index (κ3) is 4.42. The van der Waals surface area contributed by atoms with E-state index in [1.807, 2.05) is 18.2 Å². The molecule has 0 heterocycles. The number of halogens is 1. The summed E-state index contributed by atoms with van der Waals surface area (Å²) in [4.78, 5) is 12.1. The number of carboxylic acid groups (broad SMARTS) is 1. The normalized spacial score (nSPS) is 10.2. The van der Waals surface area contributed by atoms with Crippen molar-refractivity contribution in [3.8, 4) is 5.75 Å². The van der Waals surface area contributed by atoms with Crippen molar-refractivity contribution >= 4 is 40.3 Å². The highest BCUT2D eigenvalue weighted by atomic mass is 127. The summed E-state index contributed by atoms with van der Waals surface area (Å²) in [7, 11) is 0. The fourth-order valence-corrected chi connectivity index (χ4v) is 2.82. The van der Waals surface area contributed by atoms with E-state index >= 15 is 0 Å². The Bertz CT molecular complexity index is 587. The molecule has 0 aromatic heterocycles. The van der Waals surface area contributed by atoms with Crippen molar-refractivity contribution in [2.75, 3.05) is 12.4 Å². The van der Waals surface area contributed by atoms with Crippen LogP contribution in [-0.4, -0.2) is 23.4 Å². The van der Waals surface area contributed by atoms with E-state index in [9.17, 15) is 4.79 Å². The summed E-state index contributed by atoms with van der Waals surface area (Å²) in [6.45, 7) is 0.540. The Morgan fingerprint density at radius 3 is 2.65 bits per heavy atom. The van der Waals surface area contributed by atoms with Crippen LogP contribution in [0.5, 0.6) is 5.75 Å². The Morgan fingerprint density at radius 1 is 1.20 bits per heavy atom. The summed E-state index contributed by atoms with van der Waals surface area (Å²) in [5.41, 5.74) is 0.246. The topological polar surface area (TPSA) is 46.5 Å². The highest BCUT2D eigenvalue weighted by Crippen LogP contribution is 2.23. The third-order valence-corrected chi connectivity index (χ3v) is 4.40. The lowest BCUT2D eigenvalue weighted by Gasteiger charge is -2.09. The summed E-state index contributed by atoms with van der Waals surface area (Å²) in [6, 6.07) is 15.0. The number of aromatic carboxylic acids is 1. The van der Waals surface area contributed by atoms with Crippen LogP contribution in [0.25, 0.3) is 0 Å². The first-order chi connectivity index (χ1) is 9.66. The number of benzene rings is 2. The molecular formula is C15H13IO3S. The van der Waals surface area contributed by atoms with Gasteiger partial charge in [-0.05, 0) is 52.9 Å². The van der Waals surface area contributed by atoms with Gasteiger partial charge in [0.05, 0.1) is 15.7 Å². The number of hydrogen-bond donors (Lipinski definition) is 1. The molecule has 1 N–H and O–H groups in total. The molecule has 2 aromatic rings. The second-order valence-electron chi connectivity index (χ2n) is 3.96. The molecule has 0 amide bonds. The van der Waals surface area contributed by atoms with Crippen LogP contribution < -0.4 is 4.74 Å². The van der Waals surface area contributed by atoms with Gasteiger partial charge < -0.3 is 9.84 Å². The number of ether oxygens (including phenoxy) is 1. The van der Waals surface area contributed by atoms with E-state index in [4.69, 9.17) is 9.84 Å². The predicted molar refractivity (Wildman–Crippen MR) is 88.8 cm³/mol. The van der Waals surface area contributed by atoms with Crippen LogP contribution in [0.4, 0.5) is 0 Å². The van der Waals surface area contributed by atoms with Gasteiger partial charge in [0.2, 0.25) is 0 Å². The van der Waals surface area contributed by atoms with Crippen molar-refractivity contribution in [2.45, 2.75) is 4.90 Å². The zero-order valence-corrected chi connectivity index (χ0v) is 13.6. The molecule has 0 aliphatic heterocycles. The molecule has 0 unspecified atom stereocenters. The van der Waals surface area contributed by atoms with Crippen molar-refractivity contribution in [2.24, 2.45) is 0 Å². The van der Waals surface area contributed by atoms with Crippen molar-refractivity contribution in [1.82, 2.24) is 0 Å². The van der Waals surface area contributed by atoms with E-state index in [1.165, 1.54) is 4.90 Å². The van der Waals surface area contributed by atoms with Crippen molar-refractivity contribution in [1.29, 1.82) is 0 Å². The van der Waals surface area contributed by atoms with E-state index in [0.29, 0.717) is 12.4 Å². The smallest absolute Gasteiger partial charge is 0.335 e. The van der Waals surface area contributed by atoms with E-state index in [-0.39, 0.29) is 5.56 Å². The molecule has 2 aromatic carbocycles. The van der Waals surface area contributed by atoms with Gasteiger partial charge in [-0.3, -0.25) is 0 Å². The molecule has 0 saturated heterocycles. The van der Waals surface area contributed by atoms with Crippen molar-refractivity contribution in [3.63, 3.8) is 0 Å². The van der Waals surface area contributed by atoms with Crippen LogP contribution in [0.15, 0.2) is 53.4 Å². The highest BCUT2D eigenvalue weighted by Gasteiger charge is 2.07. The van der Waals surface area contributed by atoms with Gasteiger partial charge in [0.1, 0.15) is 5.75 Å². The molecule has 0 saturated carbocycles. The number of rotatable bonds is 6. The second-order valence-corrected chi connectivity index (χ2v) is 6.29. The van der Waals surface area contributed by atoms with Crippen LogP contribution in [0.2, 0.25) is 0 Å². The number of hydrogen-bond acceptors (Lipinski definition) is 3. The molecule has 5 heteroatoms. The highest BCUT2D eigenvalue weighted by molar-refractivity contribution is 14.1. The van der Waals surface area contributed by atoms with Gasteiger partial charge >= 0.3 is 5.97 Å². The number of carboxylic acids is 1. The van der Waals surface area contributed by atoms with Gasteiger partial charge in [0.25, 0.3) is 0 Å². The fraction of sp³-hybridized carbons (Fsp3) is 0.133. The average molecular weight is 400 g/mol. The van der Waals surface area contributed by atoms with Crippen molar-refractivity contribution < 1.29 is 14.6 Å². The third-order valence-electron chi connectivity index (χ3n) is 2.53. The number of thioether (sulfide) groups is 1. The maximum absolute atomic E-state index is 10.9. The minimum Gasteiger partial charge on any atom is -0.492 e. The summed E-state index contributed by atoms with van der Waals surface area (Å²) in [6.07, 6.45) is 0. The largest absolute Gasteiger partial charge is 0.492 e. The van der Waals surface area contributed by atoms with E-state index < -0.39 is 5.97 Å². The standard InChI is InChI=1S/C15H13IO3S/c16-13-7-6-11(15(17)18)10-14(13)19-8-9-20-12-4-2-1-3-5-12/h1-7,10H,8-9H2,(H,17,18). The molecule has 104 valence electrons. The zero-order valence-electron chi connectivity index (χ0n) is 10.6. The molecule has 2 rings (SSSR count). The van der Waals surface area contributed by atoms with Gasteiger partial charge in [0, 0.05) is 10.6 Å². The van der Waals surface area contributed by atoms with Gasteiger partial charge in [-0.1, -0.05) is 18.2 Å². The Hall–Kier alpha value is -1.21. The molecule has 0 fully saturated rings. The first-order valence-corrected chi connectivity index (χ1v) is 8.07. The molecule has 20 heavy (non-hydrogen) atoms. The summed E-state index contributed by atoms with van der Waals surface area (Å²) in [5, 5.41) is 8.96. The number of carbonyl (C=O) groups is 1. The first kappa shape index (κ1) is 15.2. The van der Waals surface area contributed by atoms with Gasteiger partial charge in [-0.25, -0.2) is 4.79 Å². The minimum atomic E-state index is -0.940. The molecule has 3 nitrogen and oxygen atoms in total. The quantitative estimate of drug-likeness (QED) is 0.450. The molecule has 0 spiro atoms. The maximum atomic E-state index is 10.9. The molecule has 0 aliphatic carbocycles. The molecule has 0 bridgehead atoms. The van der Waals surface area contributed by atoms with Crippen molar-refractivity contribution in [3.05, 3.63) is 57.7 Å². The Balaban J connectivity index is 1.88. The lowest BCUT2D eigenvalue weighted by Crippen LogP contribution is -2.03. The lowest BCUT2D eigenvalue weighted by molar-refractivity contribution is 0.0696. The van der Waals surface area contributed by atoms with E-state index in [2.05, 4.69) is 34.7 Å². The second kappa shape index (κ2) is 7.54. The predicted octanol–water partition coefficient (Wildman–Crippen LogP) is 4.16. The molecule has 0 atom stereocenters. The van der Waals surface area contributed by atoms with E-state index in [1.54, 1.807) is 30.0 Å². The van der Waals surface area contributed by atoms with Gasteiger partial charge in [-0.2, -0.15) is 0 Å². The van der Waals surface area contributed by atoms with E-state index in [0.717, 1.165) is 9.32 Å². The van der Waals surface area contributed by atoms with Crippen LogP contribution in [0.3, 0.4) is 0 Å². The van der Waals surface area contributed by atoms with Crippen LogP contribution in [0.1, 0.15) is 10.4 Å². The van der Waals surface area contributed by atoms with Crippen LogP contribution in [0, 0.1) is 3.57 Å². The lowest BCUT2D eigenvalue weighted by atomic mass is 10.2. The van der Waals surface area contributed by atoms with Gasteiger partial charge in [0.15, 0.2) is 0 Å². The average Bonchev–Trinajstić information content (AvgIpc) is 2.46. The molecular weight excluding hydrogens is 387 g/mol. The SMILES string of the molecule is O=C(O)c1ccc(I)c(OCCSc2ccccc2)c1. The summed E-state index contributed by atoms with van der Waals surface area (Å²) >= 11 is 3.85. The summed E-state index contributed by atoms with van der Waals surface area (Å²) in [5.74, 6) is 0.501. The monoisotopic (exact) mass is 400 g/mol. The Labute approximate surface area is 135 Å². The molecule has 0 aliphatic rings. The minimum absolute atomic E-state index is 0.246. The molecule has 0 radical (unpaired) electrons. The maximum Gasteiger partial charge on any atom is 0.335 e. The Morgan fingerprint density at radius 2 is 1.95 bits per heavy atom. The summed E-state index contributed by atoms with van der Waals surface area (Å²) < 4.78 is 6.57. The van der Waals surface area contributed by atoms with Crippen LogP contribution >= 0.6 is 34.4 Å². The first-order valence-electron chi connectivity index (χ1n) is 6.00. The zero-order chi connectivity index (χ0) is 14.4. The van der Waals surface area contributed by atoms with Gasteiger partial charge in [-0.15, -0.1) is 11.8 Å².